The van der Waals surface area contributed by atoms with Crippen molar-refractivity contribution >= 4 is 18.6 Å². The minimum absolute atomic E-state index is 0.848. The average Bonchev–Trinajstić information content (AvgIpc) is 2.02. The molecule has 1 unspecified atom stereocenters. The maximum atomic E-state index is 10.3. The summed E-state index contributed by atoms with van der Waals surface area (Å²) < 4.78 is 10.3. The highest BCUT2D eigenvalue weighted by Crippen LogP contribution is 2.33. The zero-order chi connectivity index (χ0) is 9.23. The lowest BCUT2D eigenvalue weighted by molar-refractivity contribution is 0.519. The molecule has 0 aromatic rings. The molecule has 0 saturated heterocycles. The third kappa shape index (κ3) is 10.5. The lowest BCUT2D eigenvalue weighted by Crippen LogP contribution is -1.80. The fourth-order valence-corrected chi connectivity index (χ4v) is 2.52. The second-order valence-corrected chi connectivity index (χ2v) is 6.02. The van der Waals surface area contributed by atoms with E-state index in [-0.39, 0.29) is 0 Å². The van der Waals surface area contributed by atoms with E-state index in [9.17, 15) is 4.57 Å². The van der Waals surface area contributed by atoms with Gasteiger partial charge in [-0.3, -0.25) is 4.57 Å². The Morgan fingerprint density at radius 1 is 1.17 bits per heavy atom. The molecule has 2 nitrogen and oxygen atoms in total. The van der Waals surface area contributed by atoms with E-state index in [0.717, 1.165) is 12.2 Å². The Bertz CT molecular complexity index is 120. The van der Waals surface area contributed by atoms with E-state index in [1.54, 1.807) is 0 Å². The van der Waals surface area contributed by atoms with Crippen LogP contribution in [0.5, 0.6) is 0 Å². The standard InChI is InChI=1S/C8H19O2PS/c1-2-3-4-5-6-7-8-12-11(9)10/h11H,2-8H2,1H3,(H,9,10). The fraction of sp³-hybridized carbons (Fsp3) is 1.00. The SMILES string of the molecule is CCCCCCCCS[PH](=O)O. The lowest BCUT2D eigenvalue weighted by atomic mass is 10.1. The van der Waals surface area contributed by atoms with E-state index in [0.29, 0.717) is 0 Å². The molecule has 0 bridgehead atoms. The van der Waals surface area contributed by atoms with Crippen LogP contribution >= 0.6 is 18.6 Å². The van der Waals surface area contributed by atoms with Gasteiger partial charge < -0.3 is 4.89 Å². The topological polar surface area (TPSA) is 37.3 Å². The molecule has 0 spiro atoms. The Morgan fingerprint density at radius 3 is 2.33 bits per heavy atom. The van der Waals surface area contributed by atoms with E-state index in [1.165, 1.54) is 43.5 Å². The summed E-state index contributed by atoms with van der Waals surface area (Å²) in [5.74, 6) is 0.848. The molecule has 1 atom stereocenters. The number of rotatable bonds is 8. The summed E-state index contributed by atoms with van der Waals surface area (Å²) in [6, 6.07) is 0. The van der Waals surface area contributed by atoms with Gasteiger partial charge in [0.2, 0.25) is 7.23 Å². The molecular weight excluding hydrogens is 191 g/mol. The molecule has 0 radical (unpaired) electrons. The number of hydrogen-bond donors (Lipinski definition) is 1. The van der Waals surface area contributed by atoms with E-state index in [1.807, 2.05) is 0 Å². The summed E-state index contributed by atoms with van der Waals surface area (Å²) in [5, 5.41) is 0. The van der Waals surface area contributed by atoms with Gasteiger partial charge in [-0.1, -0.05) is 50.4 Å². The molecular formula is C8H19O2PS. The van der Waals surface area contributed by atoms with Crippen molar-refractivity contribution in [1.82, 2.24) is 0 Å². The summed E-state index contributed by atoms with van der Waals surface area (Å²) >= 11 is 1.20. The summed E-state index contributed by atoms with van der Waals surface area (Å²) in [5.41, 5.74) is 0. The molecule has 12 heavy (non-hydrogen) atoms. The van der Waals surface area contributed by atoms with Gasteiger partial charge in [0, 0.05) is 5.75 Å². The maximum absolute atomic E-state index is 10.3. The van der Waals surface area contributed by atoms with E-state index in [4.69, 9.17) is 4.89 Å². The van der Waals surface area contributed by atoms with Crippen molar-refractivity contribution < 1.29 is 9.46 Å². The Balaban J connectivity index is 2.86. The van der Waals surface area contributed by atoms with Gasteiger partial charge in [-0.05, 0) is 6.42 Å². The third-order valence-corrected chi connectivity index (χ3v) is 3.82. The average molecular weight is 210 g/mol. The molecule has 0 aliphatic carbocycles. The Kier molecular flexibility index (Phi) is 10.1. The van der Waals surface area contributed by atoms with Crippen LogP contribution in [-0.2, 0) is 4.57 Å². The molecule has 0 rings (SSSR count). The summed E-state index contributed by atoms with van der Waals surface area (Å²) in [7, 11) is -2.27. The van der Waals surface area contributed by atoms with Gasteiger partial charge in [-0.15, -0.1) is 0 Å². The van der Waals surface area contributed by atoms with Gasteiger partial charge in [0.1, 0.15) is 0 Å². The van der Waals surface area contributed by atoms with Crippen LogP contribution in [0.15, 0.2) is 0 Å². The highest BCUT2D eigenvalue weighted by atomic mass is 32.7. The third-order valence-electron chi connectivity index (χ3n) is 1.72. The molecule has 0 aliphatic rings. The first-order valence-corrected chi connectivity index (χ1v) is 7.69. The van der Waals surface area contributed by atoms with Gasteiger partial charge >= 0.3 is 0 Å². The lowest BCUT2D eigenvalue weighted by Gasteiger charge is -1.98. The van der Waals surface area contributed by atoms with Crippen molar-refractivity contribution in [3.05, 3.63) is 0 Å². The van der Waals surface area contributed by atoms with Crippen LogP contribution in [0.2, 0.25) is 0 Å². The molecule has 74 valence electrons. The van der Waals surface area contributed by atoms with Crippen molar-refractivity contribution in [3.8, 4) is 0 Å². The van der Waals surface area contributed by atoms with Crippen LogP contribution in [0.1, 0.15) is 45.4 Å². The van der Waals surface area contributed by atoms with E-state index in [2.05, 4.69) is 6.92 Å². The van der Waals surface area contributed by atoms with Gasteiger partial charge in [-0.2, -0.15) is 0 Å². The molecule has 0 saturated carbocycles. The van der Waals surface area contributed by atoms with Crippen LogP contribution in [0.3, 0.4) is 0 Å². The monoisotopic (exact) mass is 210 g/mol. The first kappa shape index (κ1) is 12.5. The molecule has 0 heterocycles. The van der Waals surface area contributed by atoms with E-state index >= 15 is 0 Å². The fourth-order valence-electron chi connectivity index (χ4n) is 1.04. The van der Waals surface area contributed by atoms with Gasteiger partial charge in [0.25, 0.3) is 0 Å². The van der Waals surface area contributed by atoms with Crippen molar-refractivity contribution in [2.75, 3.05) is 5.75 Å². The van der Waals surface area contributed by atoms with Crippen LogP contribution in [0.25, 0.3) is 0 Å². The quantitative estimate of drug-likeness (QED) is 0.492. The summed E-state index contributed by atoms with van der Waals surface area (Å²) in [4.78, 5) is 8.50. The highest BCUT2D eigenvalue weighted by Gasteiger charge is 1.93. The molecule has 0 amide bonds. The van der Waals surface area contributed by atoms with Crippen molar-refractivity contribution in [2.24, 2.45) is 0 Å². The second-order valence-electron chi connectivity index (χ2n) is 2.88. The first-order chi connectivity index (χ1) is 5.77. The largest absolute Gasteiger partial charge is 0.339 e. The Morgan fingerprint density at radius 2 is 1.75 bits per heavy atom. The predicted octanol–water partition coefficient (Wildman–Crippen LogP) is 3.46. The summed E-state index contributed by atoms with van der Waals surface area (Å²) in [6.07, 6.45) is 7.49. The minimum atomic E-state index is -2.27. The highest BCUT2D eigenvalue weighted by molar-refractivity contribution is 8.50. The van der Waals surface area contributed by atoms with Crippen LogP contribution in [0.4, 0.5) is 0 Å². The number of unbranched alkanes of at least 4 members (excludes halogenated alkanes) is 5. The summed E-state index contributed by atoms with van der Waals surface area (Å²) in [6.45, 7) is 2.20. The van der Waals surface area contributed by atoms with E-state index < -0.39 is 7.23 Å². The minimum Gasteiger partial charge on any atom is -0.339 e. The van der Waals surface area contributed by atoms with Gasteiger partial charge in [-0.25, -0.2) is 0 Å². The molecule has 0 aromatic heterocycles. The van der Waals surface area contributed by atoms with Crippen molar-refractivity contribution in [3.63, 3.8) is 0 Å². The number of hydrogen-bond acceptors (Lipinski definition) is 2. The van der Waals surface area contributed by atoms with Crippen molar-refractivity contribution in [2.45, 2.75) is 45.4 Å². The zero-order valence-electron chi connectivity index (χ0n) is 7.71. The molecule has 0 fully saturated rings. The zero-order valence-corrected chi connectivity index (χ0v) is 9.53. The van der Waals surface area contributed by atoms with Crippen LogP contribution < -0.4 is 0 Å². The Hall–Kier alpha value is 0.540. The van der Waals surface area contributed by atoms with Gasteiger partial charge in [0.05, 0.1) is 0 Å². The Labute approximate surface area is 79.8 Å². The van der Waals surface area contributed by atoms with Crippen LogP contribution in [0, 0.1) is 0 Å². The van der Waals surface area contributed by atoms with Crippen molar-refractivity contribution in [1.29, 1.82) is 0 Å². The van der Waals surface area contributed by atoms with Gasteiger partial charge in [0.15, 0.2) is 0 Å². The smallest absolute Gasteiger partial charge is 0.243 e. The molecule has 4 heteroatoms. The van der Waals surface area contributed by atoms with Crippen LogP contribution in [-0.4, -0.2) is 10.6 Å². The first-order valence-electron chi connectivity index (χ1n) is 4.63. The molecule has 0 aliphatic heterocycles. The maximum Gasteiger partial charge on any atom is 0.243 e. The molecule has 0 aromatic carbocycles. The molecule has 1 N–H and O–H groups in total. The normalized spacial score (nSPS) is 13.2. The predicted molar refractivity (Wildman–Crippen MR) is 57.1 cm³/mol. The second kappa shape index (κ2) is 9.63.